The van der Waals surface area contributed by atoms with Gasteiger partial charge >= 0.3 is 6.03 Å². The molecule has 0 aliphatic carbocycles. The minimum Gasteiger partial charge on any atom is -0.497 e. The number of urea groups is 1. The molecular formula is C25H31ClN4O4. The minimum absolute atomic E-state index is 0.120. The van der Waals surface area contributed by atoms with Gasteiger partial charge in [-0.05, 0) is 30.2 Å². The number of nitrogens with one attached hydrogen (secondary N) is 1. The van der Waals surface area contributed by atoms with Gasteiger partial charge in [-0.25, -0.2) is 9.80 Å². The molecule has 0 aromatic heterocycles. The van der Waals surface area contributed by atoms with Crippen LogP contribution in [0.2, 0.25) is 5.02 Å². The van der Waals surface area contributed by atoms with E-state index in [-0.39, 0.29) is 24.5 Å². The first-order chi connectivity index (χ1) is 16.5. The molecule has 0 bridgehead atoms. The van der Waals surface area contributed by atoms with Gasteiger partial charge in [0.2, 0.25) is 0 Å². The predicted molar refractivity (Wildman–Crippen MR) is 132 cm³/mol. The van der Waals surface area contributed by atoms with Crippen LogP contribution < -0.4 is 10.1 Å². The number of hydrogen-bond acceptors (Lipinski definition) is 5. The summed E-state index contributed by atoms with van der Waals surface area (Å²) in [6.07, 6.45) is 1.30. The largest absolute Gasteiger partial charge is 0.497 e. The van der Waals surface area contributed by atoms with Crippen LogP contribution in [0.25, 0.3) is 0 Å². The third-order valence-corrected chi connectivity index (χ3v) is 5.89. The molecule has 2 aromatic carbocycles. The maximum absolute atomic E-state index is 13.5. The van der Waals surface area contributed by atoms with Crippen molar-refractivity contribution < 1.29 is 19.1 Å². The average Bonchev–Trinajstić information content (AvgIpc) is 3.30. The van der Waals surface area contributed by atoms with Crippen LogP contribution in [0, 0.1) is 0 Å². The molecule has 2 aromatic rings. The SMILES string of the molecule is CCCNC(=O)N(CCOC)CC(=O)N1N=C(c2ccccc2Cl)CC1c1ccc(OC)cc1. The highest BCUT2D eigenvalue weighted by Crippen LogP contribution is 2.35. The summed E-state index contributed by atoms with van der Waals surface area (Å²) in [6.45, 7) is 3.00. The van der Waals surface area contributed by atoms with Crippen molar-refractivity contribution in [2.75, 3.05) is 40.5 Å². The van der Waals surface area contributed by atoms with Crippen molar-refractivity contribution in [2.45, 2.75) is 25.8 Å². The summed E-state index contributed by atoms with van der Waals surface area (Å²) < 4.78 is 10.4. The van der Waals surface area contributed by atoms with E-state index in [1.165, 1.54) is 9.91 Å². The number of hydrogen-bond donors (Lipinski definition) is 1. The van der Waals surface area contributed by atoms with Crippen molar-refractivity contribution in [3.05, 3.63) is 64.7 Å². The van der Waals surface area contributed by atoms with Gasteiger partial charge in [0.05, 0.1) is 25.5 Å². The third kappa shape index (κ3) is 6.27. The Morgan fingerprint density at radius 2 is 1.91 bits per heavy atom. The van der Waals surface area contributed by atoms with Crippen molar-refractivity contribution in [1.29, 1.82) is 0 Å². The smallest absolute Gasteiger partial charge is 0.317 e. The average molecular weight is 487 g/mol. The summed E-state index contributed by atoms with van der Waals surface area (Å²) in [4.78, 5) is 27.6. The first-order valence-corrected chi connectivity index (χ1v) is 11.7. The number of benzene rings is 2. The van der Waals surface area contributed by atoms with Crippen LogP contribution >= 0.6 is 11.6 Å². The van der Waals surface area contributed by atoms with Crippen LogP contribution in [0.3, 0.4) is 0 Å². The second-order valence-electron chi connectivity index (χ2n) is 7.90. The lowest BCUT2D eigenvalue weighted by molar-refractivity contribution is -0.133. The summed E-state index contributed by atoms with van der Waals surface area (Å²) in [5, 5.41) is 9.54. The van der Waals surface area contributed by atoms with Crippen LogP contribution in [-0.4, -0.2) is 68.0 Å². The zero-order valence-electron chi connectivity index (χ0n) is 19.8. The normalized spacial score (nSPS) is 15.1. The molecule has 1 unspecified atom stereocenters. The summed E-state index contributed by atoms with van der Waals surface area (Å²) in [5.41, 5.74) is 2.42. The van der Waals surface area contributed by atoms with Gasteiger partial charge in [0, 0.05) is 37.2 Å². The summed E-state index contributed by atoms with van der Waals surface area (Å²) >= 11 is 6.42. The Morgan fingerprint density at radius 3 is 2.56 bits per heavy atom. The molecule has 0 saturated heterocycles. The Bertz CT molecular complexity index is 1010. The topological polar surface area (TPSA) is 83.5 Å². The van der Waals surface area contributed by atoms with Gasteiger partial charge in [0.25, 0.3) is 5.91 Å². The number of nitrogens with zero attached hydrogens (tertiary/aromatic N) is 3. The maximum atomic E-state index is 13.5. The molecule has 8 nitrogen and oxygen atoms in total. The fourth-order valence-electron chi connectivity index (χ4n) is 3.72. The molecule has 3 amide bonds. The molecule has 1 aliphatic heterocycles. The number of carbonyl (C=O) groups excluding carboxylic acids is 2. The Balaban J connectivity index is 1.88. The first-order valence-electron chi connectivity index (χ1n) is 11.3. The molecule has 182 valence electrons. The van der Waals surface area contributed by atoms with Crippen LogP contribution in [-0.2, 0) is 9.53 Å². The fourth-order valence-corrected chi connectivity index (χ4v) is 3.96. The van der Waals surface area contributed by atoms with Gasteiger partial charge in [-0.15, -0.1) is 0 Å². The second kappa shape index (κ2) is 12.4. The van der Waals surface area contributed by atoms with Gasteiger partial charge in [0.1, 0.15) is 12.3 Å². The van der Waals surface area contributed by atoms with Crippen LogP contribution in [0.1, 0.15) is 36.9 Å². The zero-order valence-corrected chi connectivity index (χ0v) is 20.5. The van der Waals surface area contributed by atoms with E-state index in [4.69, 9.17) is 21.1 Å². The number of amides is 3. The lowest BCUT2D eigenvalue weighted by Gasteiger charge is -2.27. The van der Waals surface area contributed by atoms with Gasteiger partial charge in [-0.3, -0.25) is 4.79 Å². The van der Waals surface area contributed by atoms with Gasteiger partial charge in [0.15, 0.2) is 0 Å². The Labute approximate surface area is 205 Å². The van der Waals surface area contributed by atoms with Crippen molar-refractivity contribution in [1.82, 2.24) is 15.2 Å². The monoisotopic (exact) mass is 486 g/mol. The summed E-state index contributed by atoms with van der Waals surface area (Å²) in [7, 11) is 3.17. The number of rotatable bonds is 10. The standard InChI is InChI=1S/C25H31ClN4O4/c1-4-13-27-25(32)29(14-15-33-2)17-24(31)30-23(18-9-11-19(34-3)12-10-18)16-22(28-30)20-7-5-6-8-21(20)26/h5-12,23H,4,13-17H2,1-3H3,(H,27,32). The highest BCUT2D eigenvalue weighted by atomic mass is 35.5. The molecule has 9 heteroatoms. The minimum atomic E-state index is -0.326. The molecule has 0 radical (unpaired) electrons. The maximum Gasteiger partial charge on any atom is 0.317 e. The molecule has 34 heavy (non-hydrogen) atoms. The molecule has 1 aliphatic rings. The Kier molecular flexibility index (Phi) is 9.30. The predicted octanol–water partition coefficient (Wildman–Crippen LogP) is 4.09. The number of carbonyl (C=O) groups is 2. The van der Waals surface area contributed by atoms with Crippen molar-refractivity contribution in [2.24, 2.45) is 5.10 Å². The second-order valence-corrected chi connectivity index (χ2v) is 8.31. The Hall–Kier alpha value is -3.10. The van der Waals surface area contributed by atoms with Gasteiger partial charge in [-0.1, -0.05) is 48.9 Å². The van der Waals surface area contributed by atoms with E-state index in [9.17, 15) is 9.59 Å². The Morgan fingerprint density at radius 1 is 1.18 bits per heavy atom. The van der Waals surface area contributed by atoms with Crippen molar-refractivity contribution >= 4 is 29.3 Å². The van der Waals surface area contributed by atoms with E-state index < -0.39 is 0 Å². The third-order valence-electron chi connectivity index (χ3n) is 5.56. The molecule has 1 N–H and O–H groups in total. The zero-order chi connectivity index (χ0) is 24.5. The molecule has 0 fully saturated rings. The highest BCUT2D eigenvalue weighted by molar-refractivity contribution is 6.34. The summed E-state index contributed by atoms with van der Waals surface area (Å²) in [6, 6.07) is 14.4. The number of methoxy groups -OCH3 is 2. The number of halogens is 1. The van der Waals surface area contributed by atoms with E-state index in [1.54, 1.807) is 20.3 Å². The van der Waals surface area contributed by atoms with Gasteiger partial charge < -0.3 is 19.7 Å². The fraction of sp³-hybridized carbons (Fsp3) is 0.400. The van der Waals surface area contributed by atoms with E-state index in [0.717, 1.165) is 29.0 Å². The molecule has 3 rings (SSSR count). The quantitative estimate of drug-likeness (QED) is 0.548. The summed E-state index contributed by atoms with van der Waals surface area (Å²) in [5.74, 6) is 0.441. The first kappa shape index (κ1) is 25.5. The van der Waals surface area contributed by atoms with Gasteiger partial charge in [-0.2, -0.15) is 5.10 Å². The van der Waals surface area contributed by atoms with Crippen molar-refractivity contribution in [3.63, 3.8) is 0 Å². The van der Waals surface area contributed by atoms with Crippen LogP contribution in [0.5, 0.6) is 5.75 Å². The molecule has 0 saturated carbocycles. The van der Waals surface area contributed by atoms with E-state index >= 15 is 0 Å². The molecule has 0 spiro atoms. The van der Waals surface area contributed by atoms with E-state index in [1.807, 2.05) is 49.4 Å². The van der Waals surface area contributed by atoms with E-state index in [2.05, 4.69) is 10.4 Å². The highest BCUT2D eigenvalue weighted by Gasteiger charge is 2.35. The van der Waals surface area contributed by atoms with Crippen molar-refractivity contribution in [3.8, 4) is 5.75 Å². The molecular weight excluding hydrogens is 456 g/mol. The lowest BCUT2D eigenvalue weighted by atomic mass is 9.98. The number of ether oxygens (including phenoxy) is 2. The molecule has 1 heterocycles. The molecule has 1 atom stereocenters. The van der Waals surface area contributed by atoms with E-state index in [0.29, 0.717) is 31.1 Å². The lowest BCUT2D eigenvalue weighted by Crippen LogP contribution is -2.47. The van der Waals surface area contributed by atoms with Crippen LogP contribution in [0.15, 0.2) is 53.6 Å². The number of hydrazone groups is 1. The van der Waals surface area contributed by atoms with Crippen LogP contribution in [0.4, 0.5) is 4.79 Å².